The molecule has 2 aromatic rings. The van der Waals surface area contributed by atoms with E-state index >= 15 is 0 Å². The van der Waals surface area contributed by atoms with Crippen molar-refractivity contribution in [1.29, 1.82) is 0 Å². The first-order valence-corrected chi connectivity index (χ1v) is 8.56. The summed E-state index contributed by atoms with van der Waals surface area (Å²) in [6.07, 6.45) is 0.441. The summed E-state index contributed by atoms with van der Waals surface area (Å²) in [6.45, 7) is 6.71. The van der Waals surface area contributed by atoms with E-state index in [4.69, 9.17) is 16.3 Å². The highest BCUT2D eigenvalue weighted by Gasteiger charge is 2.23. The molecular formula is C16H19ClN2O2S. The summed E-state index contributed by atoms with van der Waals surface area (Å²) in [4.78, 5) is 18.2. The van der Waals surface area contributed by atoms with Gasteiger partial charge in [-0.15, -0.1) is 0 Å². The molecule has 118 valence electrons. The van der Waals surface area contributed by atoms with Crippen LogP contribution in [0.2, 0.25) is 5.02 Å². The SMILES string of the molecule is CC1CN(Cc2sc(=O)[nH]c2-c2ccc(Cl)cc2)CC(C)O1. The Kier molecular flexibility index (Phi) is 4.68. The zero-order chi connectivity index (χ0) is 15.7. The fourth-order valence-electron chi connectivity index (χ4n) is 2.94. The molecule has 1 fully saturated rings. The Labute approximate surface area is 138 Å². The fraction of sp³-hybridized carbons (Fsp3) is 0.438. The molecule has 1 aromatic carbocycles. The Morgan fingerprint density at radius 3 is 2.55 bits per heavy atom. The molecule has 1 aliphatic heterocycles. The Bertz CT molecular complexity index is 685. The minimum absolute atomic E-state index is 0.0192. The second-order valence-electron chi connectivity index (χ2n) is 5.77. The summed E-state index contributed by atoms with van der Waals surface area (Å²) in [5.74, 6) is 0. The molecule has 1 aromatic heterocycles. The number of aromatic amines is 1. The van der Waals surface area contributed by atoms with Gasteiger partial charge < -0.3 is 9.72 Å². The molecule has 0 spiro atoms. The Balaban J connectivity index is 1.85. The summed E-state index contributed by atoms with van der Waals surface area (Å²) < 4.78 is 5.76. The van der Waals surface area contributed by atoms with Crippen molar-refractivity contribution in [1.82, 2.24) is 9.88 Å². The molecule has 0 saturated carbocycles. The first-order chi connectivity index (χ1) is 10.5. The van der Waals surface area contributed by atoms with Crippen LogP contribution in [0.4, 0.5) is 0 Å². The summed E-state index contributed by atoms with van der Waals surface area (Å²) in [6, 6.07) is 7.56. The van der Waals surface area contributed by atoms with Crippen LogP contribution in [0.3, 0.4) is 0 Å². The van der Waals surface area contributed by atoms with Crippen molar-refractivity contribution >= 4 is 22.9 Å². The Morgan fingerprint density at radius 1 is 1.27 bits per heavy atom. The molecule has 2 atom stereocenters. The summed E-state index contributed by atoms with van der Waals surface area (Å²) in [5, 5.41) is 0.693. The average molecular weight is 339 g/mol. The quantitative estimate of drug-likeness (QED) is 0.933. The van der Waals surface area contributed by atoms with Crippen LogP contribution < -0.4 is 4.87 Å². The second-order valence-corrected chi connectivity index (χ2v) is 7.28. The minimum Gasteiger partial charge on any atom is -0.373 e. The summed E-state index contributed by atoms with van der Waals surface area (Å²) in [7, 11) is 0. The van der Waals surface area contributed by atoms with Crippen molar-refractivity contribution in [3.8, 4) is 11.3 Å². The maximum absolute atomic E-state index is 11.8. The molecule has 3 rings (SSSR count). The highest BCUT2D eigenvalue weighted by molar-refractivity contribution is 7.09. The second kappa shape index (κ2) is 6.54. The van der Waals surface area contributed by atoms with Crippen molar-refractivity contribution in [2.75, 3.05) is 13.1 Å². The van der Waals surface area contributed by atoms with Gasteiger partial charge in [-0.05, 0) is 31.5 Å². The van der Waals surface area contributed by atoms with E-state index in [1.54, 1.807) is 0 Å². The third kappa shape index (κ3) is 3.60. The summed E-state index contributed by atoms with van der Waals surface area (Å²) in [5.41, 5.74) is 1.89. The third-order valence-corrected chi connectivity index (χ3v) is 4.84. The van der Waals surface area contributed by atoms with Gasteiger partial charge in [0.2, 0.25) is 0 Å². The highest BCUT2D eigenvalue weighted by atomic mass is 35.5. The third-order valence-electron chi connectivity index (χ3n) is 3.72. The van der Waals surface area contributed by atoms with Crippen LogP contribution in [-0.4, -0.2) is 35.2 Å². The number of hydrogen-bond acceptors (Lipinski definition) is 4. The molecule has 0 radical (unpaired) electrons. The van der Waals surface area contributed by atoms with E-state index in [9.17, 15) is 4.79 Å². The first kappa shape index (κ1) is 15.7. The van der Waals surface area contributed by atoms with Crippen LogP contribution in [0, 0.1) is 0 Å². The van der Waals surface area contributed by atoms with E-state index < -0.39 is 0 Å². The molecule has 6 heteroatoms. The van der Waals surface area contributed by atoms with Gasteiger partial charge in [0.15, 0.2) is 0 Å². The van der Waals surface area contributed by atoms with Crippen molar-refractivity contribution in [3.05, 3.63) is 43.8 Å². The molecule has 1 saturated heterocycles. The van der Waals surface area contributed by atoms with Crippen LogP contribution in [-0.2, 0) is 11.3 Å². The first-order valence-electron chi connectivity index (χ1n) is 7.37. The van der Waals surface area contributed by atoms with Gasteiger partial charge in [-0.3, -0.25) is 9.69 Å². The number of benzene rings is 1. The molecule has 2 heterocycles. The number of H-pyrrole nitrogens is 1. The van der Waals surface area contributed by atoms with Crippen LogP contribution in [0.25, 0.3) is 11.3 Å². The molecule has 0 bridgehead atoms. The predicted molar refractivity (Wildman–Crippen MR) is 90.7 cm³/mol. The van der Waals surface area contributed by atoms with Gasteiger partial charge in [0.05, 0.1) is 17.9 Å². The zero-order valence-electron chi connectivity index (χ0n) is 12.6. The van der Waals surface area contributed by atoms with Crippen molar-refractivity contribution in [2.24, 2.45) is 0 Å². The van der Waals surface area contributed by atoms with Crippen LogP contribution >= 0.6 is 22.9 Å². The average Bonchev–Trinajstić information content (AvgIpc) is 2.79. The van der Waals surface area contributed by atoms with E-state index in [0.29, 0.717) is 5.02 Å². The van der Waals surface area contributed by atoms with Crippen LogP contribution in [0.15, 0.2) is 29.1 Å². The van der Waals surface area contributed by atoms with Gasteiger partial charge in [0.1, 0.15) is 0 Å². The lowest BCUT2D eigenvalue weighted by Gasteiger charge is -2.35. The van der Waals surface area contributed by atoms with Gasteiger partial charge in [-0.1, -0.05) is 35.1 Å². The van der Waals surface area contributed by atoms with Crippen molar-refractivity contribution in [3.63, 3.8) is 0 Å². The molecule has 1 aliphatic rings. The van der Waals surface area contributed by atoms with E-state index in [-0.39, 0.29) is 17.1 Å². The fourth-order valence-corrected chi connectivity index (χ4v) is 3.96. The topological polar surface area (TPSA) is 45.3 Å². The normalized spacial score (nSPS) is 22.9. The monoisotopic (exact) mass is 338 g/mol. The van der Waals surface area contributed by atoms with Gasteiger partial charge >= 0.3 is 4.87 Å². The largest absolute Gasteiger partial charge is 0.373 e. The van der Waals surface area contributed by atoms with E-state index in [1.165, 1.54) is 11.3 Å². The highest BCUT2D eigenvalue weighted by Crippen LogP contribution is 2.26. The number of ether oxygens (including phenoxy) is 1. The van der Waals surface area contributed by atoms with E-state index in [0.717, 1.165) is 35.8 Å². The Hall–Kier alpha value is -1.14. The van der Waals surface area contributed by atoms with Gasteiger partial charge in [-0.2, -0.15) is 0 Å². The number of hydrogen-bond donors (Lipinski definition) is 1. The van der Waals surface area contributed by atoms with Gasteiger partial charge in [-0.25, -0.2) is 0 Å². The number of nitrogens with one attached hydrogen (secondary N) is 1. The molecule has 22 heavy (non-hydrogen) atoms. The lowest BCUT2D eigenvalue weighted by Crippen LogP contribution is -2.44. The molecule has 4 nitrogen and oxygen atoms in total. The number of thiazole rings is 1. The van der Waals surface area contributed by atoms with Gasteiger partial charge in [0.25, 0.3) is 0 Å². The molecular weight excluding hydrogens is 320 g/mol. The van der Waals surface area contributed by atoms with E-state index in [2.05, 4.69) is 23.7 Å². The van der Waals surface area contributed by atoms with Crippen LogP contribution in [0.1, 0.15) is 18.7 Å². The van der Waals surface area contributed by atoms with Crippen LogP contribution in [0.5, 0.6) is 0 Å². The number of aromatic nitrogens is 1. The predicted octanol–water partition coefficient (Wildman–Crippen LogP) is 3.37. The summed E-state index contributed by atoms with van der Waals surface area (Å²) >= 11 is 7.22. The van der Waals surface area contributed by atoms with Crippen molar-refractivity contribution < 1.29 is 4.74 Å². The number of morpholine rings is 1. The molecule has 1 N–H and O–H groups in total. The maximum atomic E-state index is 11.8. The number of nitrogens with zero attached hydrogens (tertiary/aromatic N) is 1. The minimum atomic E-state index is -0.0192. The van der Waals surface area contributed by atoms with Crippen molar-refractivity contribution in [2.45, 2.75) is 32.6 Å². The molecule has 2 unspecified atom stereocenters. The van der Waals surface area contributed by atoms with Gasteiger partial charge in [0, 0.05) is 29.5 Å². The Morgan fingerprint density at radius 2 is 1.91 bits per heavy atom. The molecule has 0 aliphatic carbocycles. The number of halogens is 1. The zero-order valence-corrected chi connectivity index (χ0v) is 14.2. The standard InChI is InChI=1S/C16H19ClN2O2S/c1-10-7-19(8-11(2)21-10)9-14-15(18-16(20)22-14)12-3-5-13(17)6-4-12/h3-6,10-11H,7-9H2,1-2H3,(H,18,20). The lowest BCUT2D eigenvalue weighted by molar-refractivity contribution is -0.0702. The van der Waals surface area contributed by atoms with E-state index in [1.807, 2.05) is 24.3 Å². The number of rotatable bonds is 3. The maximum Gasteiger partial charge on any atom is 0.305 e. The smallest absolute Gasteiger partial charge is 0.305 e. The lowest BCUT2D eigenvalue weighted by atomic mass is 10.1. The molecule has 0 amide bonds.